The Morgan fingerprint density at radius 2 is 1.96 bits per heavy atom. The van der Waals surface area contributed by atoms with Gasteiger partial charge >= 0.3 is 5.97 Å². The number of nitro benzene ring substituents is 1. The van der Waals surface area contributed by atoms with Crippen molar-refractivity contribution in [2.45, 2.75) is 12.5 Å². The number of hydrogen-bond acceptors (Lipinski definition) is 5. The number of carbonyl (C=O) groups excluding carboxylic acids is 2. The molecule has 0 saturated carbocycles. The summed E-state index contributed by atoms with van der Waals surface area (Å²) in [7, 11) is 1.22. The minimum atomic E-state index is -0.949. The number of nitrogens with zero attached hydrogens (tertiary/aromatic N) is 1. The van der Waals surface area contributed by atoms with Gasteiger partial charge in [0.05, 0.1) is 12.0 Å². The molecule has 0 unspecified atom stereocenters. The first-order valence-corrected chi connectivity index (χ1v) is 7.66. The summed E-state index contributed by atoms with van der Waals surface area (Å²) in [5, 5.41) is 13.9. The third kappa shape index (κ3) is 5.02. The van der Waals surface area contributed by atoms with Crippen molar-refractivity contribution < 1.29 is 19.2 Å². The zero-order valence-electron chi connectivity index (χ0n) is 13.3. The highest BCUT2D eigenvalue weighted by molar-refractivity contribution is 6.30. The summed E-state index contributed by atoms with van der Waals surface area (Å²) in [5.74, 6) is -1.24. The summed E-state index contributed by atoms with van der Waals surface area (Å²) < 4.78 is 4.72. The van der Waals surface area contributed by atoms with E-state index in [0.717, 1.165) is 11.6 Å². The Labute approximate surface area is 148 Å². The van der Waals surface area contributed by atoms with Crippen LogP contribution in [0.15, 0.2) is 48.5 Å². The van der Waals surface area contributed by atoms with E-state index in [-0.39, 0.29) is 17.7 Å². The second-order valence-electron chi connectivity index (χ2n) is 5.19. The summed E-state index contributed by atoms with van der Waals surface area (Å²) in [6.07, 6.45) is 0.175. The van der Waals surface area contributed by atoms with Crippen LogP contribution >= 0.6 is 11.6 Å². The summed E-state index contributed by atoms with van der Waals surface area (Å²) in [5.41, 5.74) is 0.605. The van der Waals surface area contributed by atoms with Crippen LogP contribution < -0.4 is 5.32 Å². The molecule has 0 bridgehead atoms. The smallest absolute Gasteiger partial charge is 0.328 e. The lowest BCUT2D eigenvalue weighted by Gasteiger charge is -2.16. The Balaban J connectivity index is 2.19. The van der Waals surface area contributed by atoms with Crippen molar-refractivity contribution in [3.8, 4) is 0 Å². The molecule has 0 aliphatic heterocycles. The highest BCUT2D eigenvalue weighted by atomic mass is 35.5. The van der Waals surface area contributed by atoms with Crippen LogP contribution in [0.4, 0.5) is 5.69 Å². The van der Waals surface area contributed by atoms with Crippen molar-refractivity contribution >= 4 is 29.2 Å². The van der Waals surface area contributed by atoms with E-state index in [1.165, 1.54) is 25.3 Å². The van der Waals surface area contributed by atoms with Gasteiger partial charge in [0.15, 0.2) is 0 Å². The van der Waals surface area contributed by atoms with Crippen LogP contribution in [0.1, 0.15) is 15.9 Å². The second kappa shape index (κ2) is 8.25. The van der Waals surface area contributed by atoms with Crippen molar-refractivity contribution in [1.82, 2.24) is 5.32 Å². The van der Waals surface area contributed by atoms with Crippen LogP contribution in [0.2, 0.25) is 5.02 Å². The van der Waals surface area contributed by atoms with Gasteiger partial charge in [0.25, 0.3) is 11.6 Å². The van der Waals surface area contributed by atoms with Gasteiger partial charge in [-0.2, -0.15) is 0 Å². The number of methoxy groups -OCH3 is 1. The molecule has 0 heterocycles. The normalized spacial score (nSPS) is 11.4. The van der Waals surface area contributed by atoms with Crippen molar-refractivity contribution in [3.05, 3.63) is 74.8 Å². The lowest BCUT2D eigenvalue weighted by atomic mass is 10.1. The van der Waals surface area contributed by atoms with Crippen LogP contribution in [-0.2, 0) is 16.0 Å². The second-order valence-corrected chi connectivity index (χ2v) is 5.63. The highest BCUT2D eigenvalue weighted by Crippen LogP contribution is 2.15. The first-order chi connectivity index (χ1) is 11.9. The van der Waals surface area contributed by atoms with E-state index in [1.807, 2.05) is 0 Å². The standard InChI is InChI=1S/C17H15ClN2O5/c1-25-17(22)15(9-11-4-2-6-13(18)8-11)19-16(21)12-5-3-7-14(10-12)20(23)24/h2-8,10,15H,9H2,1H3,(H,19,21)/t15-/m0/s1. The molecular weight excluding hydrogens is 348 g/mol. The lowest BCUT2D eigenvalue weighted by Crippen LogP contribution is -2.43. The molecule has 0 radical (unpaired) electrons. The molecular formula is C17H15ClN2O5. The number of amides is 1. The van der Waals surface area contributed by atoms with Crippen molar-refractivity contribution in [2.75, 3.05) is 7.11 Å². The van der Waals surface area contributed by atoms with E-state index in [0.29, 0.717) is 5.02 Å². The first-order valence-electron chi connectivity index (χ1n) is 7.28. The van der Waals surface area contributed by atoms with Crippen molar-refractivity contribution in [1.29, 1.82) is 0 Å². The average molecular weight is 363 g/mol. The highest BCUT2D eigenvalue weighted by Gasteiger charge is 2.23. The zero-order valence-corrected chi connectivity index (χ0v) is 14.0. The van der Waals surface area contributed by atoms with Gasteiger partial charge in [0.2, 0.25) is 0 Å². The van der Waals surface area contributed by atoms with Crippen LogP contribution in [0.5, 0.6) is 0 Å². The summed E-state index contributed by atoms with van der Waals surface area (Å²) in [6.45, 7) is 0. The number of halogens is 1. The molecule has 2 rings (SSSR count). The van der Waals surface area contributed by atoms with E-state index >= 15 is 0 Å². The van der Waals surface area contributed by atoms with Gasteiger partial charge in [-0.15, -0.1) is 0 Å². The van der Waals surface area contributed by atoms with Gasteiger partial charge in [0, 0.05) is 29.1 Å². The Bertz CT molecular complexity index is 809. The zero-order chi connectivity index (χ0) is 18.4. The summed E-state index contributed by atoms with van der Waals surface area (Å²) in [4.78, 5) is 34.5. The van der Waals surface area contributed by atoms with Gasteiger partial charge in [-0.1, -0.05) is 29.8 Å². The molecule has 130 valence electrons. The quantitative estimate of drug-likeness (QED) is 0.484. The number of esters is 1. The maximum absolute atomic E-state index is 12.3. The number of benzene rings is 2. The number of rotatable bonds is 6. The van der Waals surface area contributed by atoms with Gasteiger partial charge < -0.3 is 10.1 Å². The minimum Gasteiger partial charge on any atom is -0.467 e. The third-order valence-corrected chi connectivity index (χ3v) is 3.67. The molecule has 2 aromatic carbocycles. The molecule has 0 fully saturated rings. The molecule has 0 aliphatic rings. The Morgan fingerprint density at radius 3 is 2.60 bits per heavy atom. The van der Waals surface area contributed by atoms with Crippen molar-refractivity contribution in [3.63, 3.8) is 0 Å². The number of hydrogen-bond donors (Lipinski definition) is 1. The molecule has 1 atom stereocenters. The van der Waals surface area contributed by atoms with Crippen LogP contribution in [0, 0.1) is 10.1 Å². The molecule has 2 aromatic rings. The Kier molecular flexibility index (Phi) is 6.08. The molecule has 0 aromatic heterocycles. The number of non-ortho nitro benzene ring substituents is 1. The predicted molar refractivity (Wildman–Crippen MR) is 91.5 cm³/mol. The molecule has 1 amide bonds. The van der Waals surface area contributed by atoms with Crippen LogP contribution in [0.3, 0.4) is 0 Å². The third-order valence-electron chi connectivity index (χ3n) is 3.44. The Morgan fingerprint density at radius 1 is 1.24 bits per heavy atom. The number of carbonyl (C=O) groups is 2. The predicted octanol–water partition coefficient (Wildman–Crippen LogP) is 2.76. The van der Waals surface area contributed by atoms with Gasteiger partial charge in [-0.25, -0.2) is 4.79 Å². The molecule has 1 N–H and O–H groups in total. The largest absolute Gasteiger partial charge is 0.467 e. The average Bonchev–Trinajstić information content (AvgIpc) is 2.60. The SMILES string of the molecule is COC(=O)[C@H](Cc1cccc(Cl)c1)NC(=O)c1cccc([N+](=O)[O-])c1. The molecule has 7 nitrogen and oxygen atoms in total. The van der Waals surface area contributed by atoms with E-state index in [2.05, 4.69) is 5.32 Å². The van der Waals surface area contributed by atoms with Crippen LogP contribution in [0.25, 0.3) is 0 Å². The maximum Gasteiger partial charge on any atom is 0.328 e. The van der Waals surface area contributed by atoms with E-state index < -0.39 is 22.8 Å². The van der Waals surface area contributed by atoms with Crippen LogP contribution in [-0.4, -0.2) is 30.0 Å². The number of nitrogens with one attached hydrogen (secondary N) is 1. The lowest BCUT2D eigenvalue weighted by molar-refractivity contribution is -0.384. The molecule has 0 saturated heterocycles. The summed E-state index contributed by atoms with van der Waals surface area (Å²) in [6, 6.07) is 11.2. The molecule has 25 heavy (non-hydrogen) atoms. The van der Waals surface area contributed by atoms with E-state index in [9.17, 15) is 19.7 Å². The monoisotopic (exact) mass is 362 g/mol. The van der Waals surface area contributed by atoms with Crippen molar-refractivity contribution in [2.24, 2.45) is 0 Å². The van der Waals surface area contributed by atoms with E-state index in [4.69, 9.17) is 16.3 Å². The maximum atomic E-state index is 12.3. The molecule has 8 heteroatoms. The summed E-state index contributed by atoms with van der Waals surface area (Å²) >= 11 is 5.92. The van der Waals surface area contributed by atoms with Gasteiger partial charge in [-0.3, -0.25) is 14.9 Å². The van der Waals surface area contributed by atoms with Gasteiger partial charge in [0.1, 0.15) is 6.04 Å². The minimum absolute atomic E-state index is 0.0780. The van der Waals surface area contributed by atoms with E-state index in [1.54, 1.807) is 24.3 Å². The first kappa shape index (κ1) is 18.4. The van der Waals surface area contributed by atoms with Gasteiger partial charge in [-0.05, 0) is 23.8 Å². The fourth-order valence-corrected chi connectivity index (χ4v) is 2.45. The number of ether oxygens (including phenoxy) is 1. The topological polar surface area (TPSA) is 98.5 Å². The fraction of sp³-hybridized carbons (Fsp3) is 0.176. The molecule has 0 spiro atoms. The number of nitro groups is 1. The Hall–Kier alpha value is -2.93. The molecule has 0 aliphatic carbocycles. The fourth-order valence-electron chi connectivity index (χ4n) is 2.24.